The number of nitro groups is 1. The highest BCUT2D eigenvalue weighted by atomic mass is 16.6. The summed E-state index contributed by atoms with van der Waals surface area (Å²) in [6.07, 6.45) is 3.18. The molecule has 0 saturated heterocycles. The predicted molar refractivity (Wildman–Crippen MR) is 73.7 cm³/mol. The SMILES string of the molecule is COC1CCCC(Oc2cc([N+](=O)[O-])ccc2C(=O)O)C1. The third-order valence-electron chi connectivity index (χ3n) is 3.61. The van der Waals surface area contributed by atoms with Gasteiger partial charge in [0.2, 0.25) is 0 Å². The zero-order chi connectivity index (χ0) is 15.4. The lowest BCUT2D eigenvalue weighted by molar-refractivity contribution is -0.385. The third-order valence-corrected chi connectivity index (χ3v) is 3.61. The number of ether oxygens (including phenoxy) is 2. The molecule has 0 radical (unpaired) electrons. The second-order valence-corrected chi connectivity index (χ2v) is 5.01. The number of benzene rings is 1. The highest BCUT2D eigenvalue weighted by molar-refractivity contribution is 5.91. The standard InChI is InChI=1S/C14H17NO6/c1-20-10-3-2-4-11(8-10)21-13-7-9(15(18)19)5-6-12(13)14(16)17/h5-7,10-11H,2-4,8H2,1H3,(H,16,17). The van der Waals surface area contributed by atoms with Gasteiger partial charge < -0.3 is 14.6 Å². The molecule has 0 aromatic heterocycles. The fourth-order valence-corrected chi connectivity index (χ4v) is 2.50. The summed E-state index contributed by atoms with van der Waals surface area (Å²) in [7, 11) is 1.63. The van der Waals surface area contributed by atoms with E-state index in [0.717, 1.165) is 25.3 Å². The quantitative estimate of drug-likeness (QED) is 0.662. The maximum absolute atomic E-state index is 11.2. The van der Waals surface area contributed by atoms with Crippen molar-refractivity contribution in [3.8, 4) is 5.75 Å². The summed E-state index contributed by atoms with van der Waals surface area (Å²) in [6.45, 7) is 0. The smallest absolute Gasteiger partial charge is 0.339 e. The molecule has 1 aromatic carbocycles. The number of nitro benzene ring substituents is 1. The fraction of sp³-hybridized carbons (Fsp3) is 0.500. The minimum atomic E-state index is -1.17. The van der Waals surface area contributed by atoms with Gasteiger partial charge in [-0.3, -0.25) is 10.1 Å². The van der Waals surface area contributed by atoms with E-state index in [1.807, 2.05) is 0 Å². The van der Waals surface area contributed by atoms with Gasteiger partial charge in [-0.2, -0.15) is 0 Å². The number of nitrogens with zero attached hydrogens (tertiary/aromatic N) is 1. The molecule has 1 aliphatic rings. The van der Waals surface area contributed by atoms with E-state index in [1.165, 1.54) is 12.1 Å². The Labute approximate surface area is 121 Å². The van der Waals surface area contributed by atoms with E-state index in [4.69, 9.17) is 14.6 Å². The number of non-ortho nitro benzene ring substituents is 1. The summed E-state index contributed by atoms with van der Waals surface area (Å²) < 4.78 is 11.0. The average Bonchev–Trinajstić information content (AvgIpc) is 2.47. The van der Waals surface area contributed by atoms with Crippen LogP contribution in [0.15, 0.2) is 18.2 Å². The molecule has 114 valence electrons. The third kappa shape index (κ3) is 3.69. The van der Waals surface area contributed by atoms with E-state index in [9.17, 15) is 14.9 Å². The van der Waals surface area contributed by atoms with Crippen LogP contribution < -0.4 is 4.74 Å². The number of methoxy groups -OCH3 is 1. The lowest BCUT2D eigenvalue weighted by Crippen LogP contribution is -2.29. The normalized spacial score (nSPS) is 21.8. The average molecular weight is 295 g/mol. The maximum Gasteiger partial charge on any atom is 0.339 e. The molecule has 7 heteroatoms. The van der Waals surface area contributed by atoms with Crippen LogP contribution in [0.3, 0.4) is 0 Å². The van der Waals surface area contributed by atoms with Crippen molar-refractivity contribution in [2.75, 3.05) is 7.11 Å². The van der Waals surface area contributed by atoms with Gasteiger partial charge in [0.1, 0.15) is 17.4 Å². The van der Waals surface area contributed by atoms with Gasteiger partial charge >= 0.3 is 5.97 Å². The summed E-state index contributed by atoms with van der Waals surface area (Å²) in [5.41, 5.74) is -0.255. The molecule has 2 rings (SSSR count). The molecule has 0 heterocycles. The second kappa shape index (κ2) is 6.53. The van der Waals surface area contributed by atoms with Crippen LogP contribution in [0.5, 0.6) is 5.75 Å². The molecule has 1 aromatic rings. The van der Waals surface area contributed by atoms with Gasteiger partial charge in [0.25, 0.3) is 5.69 Å². The van der Waals surface area contributed by atoms with E-state index < -0.39 is 10.9 Å². The molecule has 0 aliphatic heterocycles. The number of carboxylic acid groups (broad SMARTS) is 1. The second-order valence-electron chi connectivity index (χ2n) is 5.01. The van der Waals surface area contributed by atoms with E-state index >= 15 is 0 Å². The van der Waals surface area contributed by atoms with E-state index in [2.05, 4.69) is 0 Å². The van der Waals surface area contributed by atoms with Crippen LogP contribution in [0.25, 0.3) is 0 Å². The largest absolute Gasteiger partial charge is 0.489 e. The van der Waals surface area contributed by atoms with Gasteiger partial charge in [-0.25, -0.2) is 4.79 Å². The van der Waals surface area contributed by atoms with E-state index in [1.54, 1.807) is 7.11 Å². The molecule has 7 nitrogen and oxygen atoms in total. The van der Waals surface area contributed by atoms with Crippen molar-refractivity contribution in [1.29, 1.82) is 0 Å². The van der Waals surface area contributed by atoms with Crippen molar-refractivity contribution < 1.29 is 24.3 Å². The zero-order valence-corrected chi connectivity index (χ0v) is 11.7. The van der Waals surface area contributed by atoms with Gasteiger partial charge in [0.05, 0.1) is 17.1 Å². The molecule has 1 saturated carbocycles. The Morgan fingerprint density at radius 1 is 1.38 bits per heavy atom. The number of rotatable bonds is 5. The van der Waals surface area contributed by atoms with E-state index in [-0.39, 0.29) is 29.2 Å². The van der Waals surface area contributed by atoms with Crippen molar-refractivity contribution in [2.45, 2.75) is 37.9 Å². The highest BCUT2D eigenvalue weighted by Crippen LogP contribution is 2.30. The summed E-state index contributed by atoms with van der Waals surface area (Å²) in [5.74, 6) is -1.13. The van der Waals surface area contributed by atoms with E-state index in [0.29, 0.717) is 6.42 Å². The maximum atomic E-state index is 11.2. The van der Waals surface area contributed by atoms with Crippen LogP contribution in [-0.2, 0) is 4.74 Å². The summed E-state index contributed by atoms with van der Waals surface area (Å²) in [4.78, 5) is 21.4. The molecule has 1 N–H and O–H groups in total. The number of carbonyl (C=O) groups is 1. The first kappa shape index (κ1) is 15.2. The minimum absolute atomic E-state index is 0.0402. The summed E-state index contributed by atoms with van der Waals surface area (Å²) in [6, 6.07) is 3.53. The number of hydrogen-bond acceptors (Lipinski definition) is 5. The molecule has 0 bridgehead atoms. The summed E-state index contributed by atoms with van der Waals surface area (Å²) in [5, 5.41) is 20.0. The van der Waals surface area contributed by atoms with Gasteiger partial charge in [0, 0.05) is 19.6 Å². The number of carboxylic acids is 1. The van der Waals surface area contributed by atoms with Crippen molar-refractivity contribution in [3.63, 3.8) is 0 Å². The molecule has 0 spiro atoms. The lowest BCUT2D eigenvalue weighted by atomic mass is 9.95. The Balaban J connectivity index is 2.22. The van der Waals surface area contributed by atoms with Gasteiger partial charge in [-0.1, -0.05) is 0 Å². The Morgan fingerprint density at radius 2 is 2.10 bits per heavy atom. The van der Waals surface area contributed by atoms with Crippen LogP contribution in [0, 0.1) is 10.1 Å². The molecular formula is C14H17NO6. The van der Waals surface area contributed by atoms with Crippen LogP contribution in [0.4, 0.5) is 5.69 Å². The van der Waals surface area contributed by atoms with Crippen LogP contribution in [0.1, 0.15) is 36.0 Å². The molecule has 21 heavy (non-hydrogen) atoms. The first-order chi connectivity index (χ1) is 10.0. The van der Waals surface area contributed by atoms with Crippen molar-refractivity contribution in [3.05, 3.63) is 33.9 Å². The van der Waals surface area contributed by atoms with Crippen LogP contribution in [-0.4, -0.2) is 35.3 Å². The molecule has 2 atom stereocenters. The Hall–Kier alpha value is -2.15. The Kier molecular flexibility index (Phi) is 4.74. The topological polar surface area (TPSA) is 98.9 Å². The molecular weight excluding hydrogens is 278 g/mol. The number of hydrogen-bond donors (Lipinski definition) is 1. The lowest BCUT2D eigenvalue weighted by Gasteiger charge is -2.29. The molecule has 1 fully saturated rings. The van der Waals surface area contributed by atoms with Crippen LogP contribution in [0.2, 0.25) is 0 Å². The zero-order valence-electron chi connectivity index (χ0n) is 11.7. The van der Waals surface area contributed by atoms with Gasteiger partial charge in [-0.05, 0) is 25.3 Å². The van der Waals surface area contributed by atoms with Crippen molar-refractivity contribution in [1.82, 2.24) is 0 Å². The summed E-state index contributed by atoms with van der Waals surface area (Å²) >= 11 is 0. The molecule has 0 amide bonds. The minimum Gasteiger partial charge on any atom is -0.489 e. The van der Waals surface area contributed by atoms with Gasteiger partial charge in [0.15, 0.2) is 0 Å². The Bertz CT molecular complexity index is 544. The van der Waals surface area contributed by atoms with Crippen molar-refractivity contribution >= 4 is 11.7 Å². The fourth-order valence-electron chi connectivity index (χ4n) is 2.50. The first-order valence-electron chi connectivity index (χ1n) is 6.72. The predicted octanol–water partition coefficient (Wildman–Crippen LogP) is 2.63. The molecule has 1 aliphatic carbocycles. The number of aromatic carboxylic acids is 1. The van der Waals surface area contributed by atoms with Crippen LogP contribution >= 0.6 is 0 Å². The molecule has 2 unspecified atom stereocenters. The first-order valence-corrected chi connectivity index (χ1v) is 6.72. The van der Waals surface area contributed by atoms with Gasteiger partial charge in [-0.15, -0.1) is 0 Å². The highest BCUT2D eigenvalue weighted by Gasteiger charge is 2.25. The van der Waals surface area contributed by atoms with Crippen molar-refractivity contribution in [2.24, 2.45) is 0 Å². The monoisotopic (exact) mass is 295 g/mol. The Morgan fingerprint density at radius 3 is 2.71 bits per heavy atom.